The second-order valence-corrected chi connectivity index (χ2v) is 2.58. The lowest BCUT2D eigenvalue weighted by Gasteiger charge is -1.84. The lowest BCUT2D eigenvalue weighted by Crippen LogP contribution is -1.82. The zero-order valence-electron chi connectivity index (χ0n) is 7.03. The Morgan fingerprint density at radius 3 is 3.23 bits per heavy atom. The van der Waals surface area contributed by atoms with Crippen LogP contribution >= 0.6 is 0 Å². The molecule has 13 heavy (non-hydrogen) atoms. The van der Waals surface area contributed by atoms with Gasteiger partial charge in [-0.05, 0) is 12.1 Å². The number of hydrogen-bond acceptors (Lipinski definition) is 3. The number of H-pyrrole nitrogens is 1. The van der Waals surface area contributed by atoms with E-state index in [0.717, 1.165) is 5.82 Å². The van der Waals surface area contributed by atoms with E-state index in [0.29, 0.717) is 18.0 Å². The molecular weight excluding hydrogens is 166 g/mol. The molecule has 2 aromatic rings. The number of aromatic amines is 1. The van der Waals surface area contributed by atoms with Crippen LogP contribution in [-0.2, 0) is 6.42 Å². The van der Waals surface area contributed by atoms with Crippen molar-refractivity contribution >= 4 is 0 Å². The molecule has 4 nitrogen and oxygen atoms in total. The van der Waals surface area contributed by atoms with Crippen molar-refractivity contribution in [3.63, 3.8) is 0 Å². The van der Waals surface area contributed by atoms with Crippen LogP contribution in [0.5, 0.6) is 0 Å². The molecule has 0 saturated carbocycles. The first kappa shape index (κ1) is 7.79. The summed E-state index contributed by atoms with van der Waals surface area (Å²) in [4.78, 5) is 4.21. The van der Waals surface area contributed by atoms with E-state index in [1.807, 2.05) is 6.07 Å². The Morgan fingerprint density at radius 1 is 1.62 bits per heavy atom. The molecule has 0 radical (unpaired) electrons. The highest BCUT2D eigenvalue weighted by molar-refractivity contribution is 5.45. The molecule has 0 atom stereocenters. The van der Waals surface area contributed by atoms with Crippen LogP contribution in [0.2, 0.25) is 0 Å². The van der Waals surface area contributed by atoms with Crippen LogP contribution in [0, 0.1) is 0 Å². The average molecular weight is 175 g/mol. The van der Waals surface area contributed by atoms with E-state index in [1.54, 1.807) is 18.4 Å². The minimum absolute atomic E-state index is 0.585. The highest BCUT2D eigenvalue weighted by Gasteiger charge is 2.06. The van der Waals surface area contributed by atoms with E-state index in [-0.39, 0.29) is 0 Å². The van der Waals surface area contributed by atoms with E-state index in [9.17, 15) is 0 Å². The molecule has 0 aliphatic heterocycles. The van der Waals surface area contributed by atoms with E-state index in [2.05, 4.69) is 21.8 Å². The Bertz CT molecular complexity index is 389. The zero-order valence-corrected chi connectivity index (χ0v) is 7.03. The number of furan rings is 1. The molecule has 0 aliphatic rings. The van der Waals surface area contributed by atoms with Gasteiger partial charge in [0, 0.05) is 6.42 Å². The lowest BCUT2D eigenvalue weighted by atomic mass is 10.4. The fourth-order valence-electron chi connectivity index (χ4n) is 1.04. The molecule has 0 bridgehead atoms. The molecule has 0 fully saturated rings. The third kappa shape index (κ3) is 1.51. The molecule has 1 N–H and O–H groups in total. The first-order valence-corrected chi connectivity index (χ1v) is 3.96. The van der Waals surface area contributed by atoms with Crippen molar-refractivity contribution in [2.45, 2.75) is 6.42 Å². The predicted molar refractivity (Wildman–Crippen MR) is 48.0 cm³/mol. The van der Waals surface area contributed by atoms with Crippen LogP contribution in [-0.4, -0.2) is 15.2 Å². The van der Waals surface area contributed by atoms with Gasteiger partial charge < -0.3 is 4.42 Å². The summed E-state index contributed by atoms with van der Waals surface area (Å²) in [5.74, 6) is 2.05. The van der Waals surface area contributed by atoms with Gasteiger partial charge in [0.15, 0.2) is 5.76 Å². The van der Waals surface area contributed by atoms with Crippen molar-refractivity contribution in [1.29, 1.82) is 0 Å². The second kappa shape index (κ2) is 3.26. The monoisotopic (exact) mass is 175 g/mol. The number of rotatable bonds is 3. The van der Waals surface area contributed by atoms with Gasteiger partial charge in [-0.1, -0.05) is 6.08 Å². The Kier molecular flexibility index (Phi) is 1.96. The van der Waals surface area contributed by atoms with Crippen molar-refractivity contribution in [2.24, 2.45) is 0 Å². The summed E-state index contributed by atoms with van der Waals surface area (Å²) in [6.45, 7) is 3.62. The summed E-state index contributed by atoms with van der Waals surface area (Å²) in [6, 6.07) is 3.62. The van der Waals surface area contributed by atoms with Crippen molar-refractivity contribution in [2.75, 3.05) is 0 Å². The van der Waals surface area contributed by atoms with Crippen LogP contribution in [0.25, 0.3) is 11.6 Å². The molecular formula is C9H9N3O. The minimum Gasteiger partial charge on any atom is -0.461 e. The maximum Gasteiger partial charge on any atom is 0.216 e. The molecule has 2 rings (SSSR count). The molecule has 66 valence electrons. The van der Waals surface area contributed by atoms with Gasteiger partial charge in [0.1, 0.15) is 5.82 Å². The summed E-state index contributed by atoms with van der Waals surface area (Å²) in [7, 11) is 0. The van der Waals surface area contributed by atoms with Crippen molar-refractivity contribution < 1.29 is 4.42 Å². The number of aromatic nitrogens is 3. The number of allylic oxidation sites excluding steroid dienone is 1. The predicted octanol–water partition coefficient (Wildman–Crippen LogP) is 1.79. The van der Waals surface area contributed by atoms with E-state index < -0.39 is 0 Å². The molecule has 0 aromatic carbocycles. The normalized spacial score (nSPS) is 10.2. The minimum atomic E-state index is 0.585. The Hall–Kier alpha value is -1.84. The van der Waals surface area contributed by atoms with Gasteiger partial charge in [-0.25, -0.2) is 4.98 Å². The number of nitrogens with zero attached hydrogens (tertiary/aromatic N) is 2. The van der Waals surface area contributed by atoms with Crippen LogP contribution < -0.4 is 0 Å². The third-order valence-electron chi connectivity index (χ3n) is 1.61. The smallest absolute Gasteiger partial charge is 0.216 e. The van der Waals surface area contributed by atoms with Gasteiger partial charge in [-0.15, -0.1) is 6.58 Å². The van der Waals surface area contributed by atoms with Gasteiger partial charge >= 0.3 is 0 Å². The van der Waals surface area contributed by atoms with Crippen molar-refractivity contribution in [3.05, 3.63) is 36.9 Å². The SMILES string of the molecule is C=CCc1nc(-c2ccco2)n[nH]1. The molecule has 0 unspecified atom stereocenters. The summed E-state index contributed by atoms with van der Waals surface area (Å²) in [5.41, 5.74) is 0. The summed E-state index contributed by atoms with van der Waals surface area (Å²) in [6.07, 6.45) is 4.05. The van der Waals surface area contributed by atoms with Gasteiger partial charge in [0.2, 0.25) is 5.82 Å². The van der Waals surface area contributed by atoms with Crippen LogP contribution in [0.15, 0.2) is 35.5 Å². The molecule has 0 amide bonds. The lowest BCUT2D eigenvalue weighted by molar-refractivity contribution is 0.577. The van der Waals surface area contributed by atoms with Crippen LogP contribution in [0.1, 0.15) is 5.82 Å². The molecule has 0 aliphatic carbocycles. The molecule has 2 heterocycles. The quantitative estimate of drug-likeness (QED) is 0.723. The van der Waals surface area contributed by atoms with E-state index >= 15 is 0 Å². The van der Waals surface area contributed by atoms with E-state index in [4.69, 9.17) is 4.42 Å². The average Bonchev–Trinajstić information content (AvgIpc) is 2.70. The Balaban J connectivity index is 2.28. The van der Waals surface area contributed by atoms with E-state index in [1.165, 1.54) is 0 Å². The Morgan fingerprint density at radius 2 is 2.54 bits per heavy atom. The maximum absolute atomic E-state index is 5.14. The first-order valence-electron chi connectivity index (χ1n) is 3.96. The van der Waals surface area contributed by atoms with Gasteiger partial charge in [-0.2, -0.15) is 5.10 Å². The fraction of sp³-hybridized carbons (Fsp3) is 0.111. The van der Waals surface area contributed by atoms with Crippen LogP contribution in [0.4, 0.5) is 0 Å². The van der Waals surface area contributed by atoms with Crippen LogP contribution in [0.3, 0.4) is 0 Å². The maximum atomic E-state index is 5.14. The fourth-order valence-corrected chi connectivity index (χ4v) is 1.04. The molecule has 0 saturated heterocycles. The summed E-state index contributed by atoms with van der Waals surface area (Å²) >= 11 is 0. The second-order valence-electron chi connectivity index (χ2n) is 2.58. The molecule has 2 aromatic heterocycles. The largest absolute Gasteiger partial charge is 0.461 e. The third-order valence-corrected chi connectivity index (χ3v) is 1.61. The zero-order chi connectivity index (χ0) is 9.10. The summed E-state index contributed by atoms with van der Waals surface area (Å²) < 4.78 is 5.14. The standard InChI is InChI=1S/C9H9N3O/c1-2-4-8-10-9(12-11-8)7-5-3-6-13-7/h2-3,5-6H,1,4H2,(H,10,11,12). The van der Waals surface area contributed by atoms with Crippen molar-refractivity contribution in [3.8, 4) is 11.6 Å². The molecule has 4 heteroatoms. The molecule has 0 spiro atoms. The van der Waals surface area contributed by atoms with Crippen molar-refractivity contribution in [1.82, 2.24) is 15.2 Å². The first-order chi connectivity index (χ1) is 6.40. The topological polar surface area (TPSA) is 54.7 Å². The highest BCUT2D eigenvalue weighted by Crippen LogP contribution is 2.14. The number of hydrogen-bond donors (Lipinski definition) is 1. The van der Waals surface area contributed by atoms with Gasteiger partial charge in [0.25, 0.3) is 0 Å². The highest BCUT2D eigenvalue weighted by atomic mass is 16.3. The van der Waals surface area contributed by atoms with Gasteiger partial charge in [-0.3, -0.25) is 5.10 Å². The summed E-state index contributed by atoms with van der Waals surface area (Å²) in [5, 5.41) is 6.80. The number of nitrogens with one attached hydrogen (secondary N) is 1. The van der Waals surface area contributed by atoms with Gasteiger partial charge in [0.05, 0.1) is 6.26 Å². The Labute approximate surface area is 75.3 Å².